The lowest BCUT2D eigenvalue weighted by atomic mass is 9.81. The Balaban J connectivity index is 1.86. The maximum absolute atomic E-state index is 6.25. The fourth-order valence-electron chi connectivity index (χ4n) is 4.14. The van der Waals surface area contributed by atoms with E-state index in [-0.39, 0.29) is 11.0 Å². The Morgan fingerprint density at radius 1 is 0.867 bits per heavy atom. The van der Waals surface area contributed by atoms with Gasteiger partial charge in [0.25, 0.3) is 0 Å². The van der Waals surface area contributed by atoms with Gasteiger partial charge in [0.1, 0.15) is 12.4 Å². The zero-order valence-corrected chi connectivity index (χ0v) is 20.0. The van der Waals surface area contributed by atoms with E-state index in [0.29, 0.717) is 16.7 Å². The molecule has 0 aliphatic heterocycles. The molecular weight excluding hydrogens is 413 g/mol. The fraction of sp³-hybridized carbons (Fsp3) is 0.385. The third kappa shape index (κ3) is 6.14. The van der Waals surface area contributed by atoms with Crippen molar-refractivity contribution < 1.29 is 4.74 Å². The highest BCUT2D eigenvalue weighted by Gasteiger charge is 2.25. The van der Waals surface area contributed by atoms with Gasteiger partial charge in [0, 0.05) is 17.6 Å². The molecule has 30 heavy (non-hydrogen) atoms. The first-order valence-corrected chi connectivity index (χ1v) is 11.1. The van der Waals surface area contributed by atoms with Crippen molar-refractivity contribution in [1.82, 2.24) is 5.32 Å². The highest BCUT2D eigenvalue weighted by Crippen LogP contribution is 2.32. The minimum absolute atomic E-state index is 0.0101. The molecule has 2 nitrogen and oxygen atoms in total. The fourth-order valence-corrected chi connectivity index (χ4v) is 4.46. The Morgan fingerprint density at radius 3 is 2.30 bits per heavy atom. The van der Waals surface area contributed by atoms with E-state index in [1.807, 2.05) is 12.1 Å². The molecule has 0 aromatic heterocycles. The number of ether oxygens (including phenoxy) is 1. The summed E-state index contributed by atoms with van der Waals surface area (Å²) in [4.78, 5) is 0. The SMILES string of the molecule is CC(C)(C)CC(C)(C)NCc1c(OCc2ccc(Cl)c(Cl)c2)ccc2ccccc12. The maximum atomic E-state index is 6.25. The first-order chi connectivity index (χ1) is 14.0. The molecule has 3 rings (SSSR count). The Morgan fingerprint density at radius 2 is 1.60 bits per heavy atom. The van der Waals surface area contributed by atoms with Crippen molar-refractivity contribution in [1.29, 1.82) is 0 Å². The van der Waals surface area contributed by atoms with E-state index in [0.717, 1.165) is 24.3 Å². The molecule has 0 spiro atoms. The average molecular weight is 444 g/mol. The van der Waals surface area contributed by atoms with Gasteiger partial charge < -0.3 is 10.1 Å². The van der Waals surface area contributed by atoms with E-state index in [9.17, 15) is 0 Å². The summed E-state index contributed by atoms with van der Waals surface area (Å²) in [6.07, 6.45) is 1.07. The zero-order valence-electron chi connectivity index (χ0n) is 18.5. The van der Waals surface area contributed by atoms with Crippen LogP contribution in [0.1, 0.15) is 52.2 Å². The standard InChI is InChI=1S/C26H31Cl2NO/c1-25(2,3)17-26(4,5)29-15-21-20-9-7-6-8-19(20)11-13-24(21)30-16-18-10-12-22(27)23(28)14-18/h6-14,29H,15-17H2,1-5H3. The Kier molecular flexibility index (Phi) is 7.02. The van der Waals surface area contributed by atoms with Crippen LogP contribution in [0.4, 0.5) is 0 Å². The Labute approximate surface area is 190 Å². The van der Waals surface area contributed by atoms with Crippen molar-refractivity contribution >= 4 is 34.0 Å². The van der Waals surface area contributed by atoms with Gasteiger partial charge in [0.2, 0.25) is 0 Å². The quantitative estimate of drug-likeness (QED) is 0.398. The molecule has 1 N–H and O–H groups in total. The van der Waals surface area contributed by atoms with Gasteiger partial charge in [0.15, 0.2) is 0 Å². The van der Waals surface area contributed by atoms with Gasteiger partial charge in [-0.2, -0.15) is 0 Å². The van der Waals surface area contributed by atoms with Gasteiger partial charge in [0.05, 0.1) is 10.0 Å². The third-order valence-corrected chi connectivity index (χ3v) is 5.83. The molecule has 0 aliphatic rings. The largest absolute Gasteiger partial charge is 0.489 e. The number of hydrogen-bond acceptors (Lipinski definition) is 2. The minimum atomic E-state index is 0.0101. The van der Waals surface area contributed by atoms with Crippen molar-refractivity contribution in [2.24, 2.45) is 5.41 Å². The lowest BCUT2D eigenvalue weighted by Gasteiger charge is -2.34. The second-order valence-corrected chi connectivity index (χ2v) is 10.6. The van der Waals surface area contributed by atoms with Gasteiger partial charge in [-0.3, -0.25) is 0 Å². The van der Waals surface area contributed by atoms with E-state index in [1.165, 1.54) is 16.3 Å². The molecule has 0 atom stereocenters. The van der Waals surface area contributed by atoms with Crippen LogP contribution in [0, 0.1) is 5.41 Å². The highest BCUT2D eigenvalue weighted by atomic mass is 35.5. The smallest absolute Gasteiger partial charge is 0.124 e. The molecule has 0 heterocycles. The molecule has 4 heteroatoms. The van der Waals surface area contributed by atoms with Crippen LogP contribution in [0.2, 0.25) is 10.0 Å². The number of halogens is 2. The summed E-state index contributed by atoms with van der Waals surface area (Å²) in [6.45, 7) is 12.5. The molecule has 0 saturated heterocycles. The number of benzene rings is 3. The molecule has 3 aromatic carbocycles. The molecule has 0 fully saturated rings. The normalized spacial score (nSPS) is 12.4. The van der Waals surface area contributed by atoms with Crippen molar-refractivity contribution in [2.45, 2.75) is 59.7 Å². The summed E-state index contributed by atoms with van der Waals surface area (Å²) < 4.78 is 6.25. The molecule has 0 bridgehead atoms. The molecule has 3 aromatic rings. The van der Waals surface area contributed by atoms with Crippen LogP contribution in [-0.4, -0.2) is 5.54 Å². The van der Waals surface area contributed by atoms with E-state index in [4.69, 9.17) is 27.9 Å². The molecule has 160 valence electrons. The average Bonchev–Trinajstić information content (AvgIpc) is 2.65. The molecule has 0 saturated carbocycles. The summed E-state index contributed by atoms with van der Waals surface area (Å²) in [5.41, 5.74) is 2.43. The summed E-state index contributed by atoms with van der Waals surface area (Å²) in [5, 5.41) is 7.28. The first kappa shape index (κ1) is 22.9. The second kappa shape index (κ2) is 9.18. The van der Waals surface area contributed by atoms with Crippen LogP contribution in [-0.2, 0) is 13.2 Å². The molecular formula is C26H31Cl2NO. The molecule has 0 unspecified atom stereocenters. The summed E-state index contributed by atoms with van der Waals surface area (Å²) in [7, 11) is 0. The van der Waals surface area contributed by atoms with Crippen molar-refractivity contribution in [2.75, 3.05) is 0 Å². The predicted molar refractivity (Wildman–Crippen MR) is 130 cm³/mol. The number of fused-ring (bicyclic) bond motifs is 1. The number of rotatable bonds is 7. The van der Waals surface area contributed by atoms with Gasteiger partial charge in [-0.25, -0.2) is 0 Å². The highest BCUT2D eigenvalue weighted by molar-refractivity contribution is 6.42. The maximum Gasteiger partial charge on any atom is 0.124 e. The van der Waals surface area contributed by atoms with Crippen LogP contribution in [0.15, 0.2) is 54.6 Å². The zero-order chi connectivity index (χ0) is 21.9. The molecule has 0 amide bonds. The number of nitrogens with one attached hydrogen (secondary N) is 1. The van der Waals surface area contributed by atoms with Gasteiger partial charge in [-0.05, 0) is 60.2 Å². The summed E-state index contributed by atoms with van der Waals surface area (Å²) in [5.74, 6) is 0.888. The van der Waals surface area contributed by atoms with E-state index >= 15 is 0 Å². The Hall–Kier alpha value is -1.74. The third-order valence-electron chi connectivity index (χ3n) is 5.09. The first-order valence-electron chi connectivity index (χ1n) is 10.4. The minimum Gasteiger partial charge on any atom is -0.489 e. The van der Waals surface area contributed by atoms with E-state index < -0.39 is 0 Å². The molecule has 0 radical (unpaired) electrons. The number of hydrogen-bond donors (Lipinski definition) is 1. The van der Waals surface area contributed by atoms with Crippen molar-refractivity contribution in [3.05, 3.63) is 75.8 Å². The van der Waals surface area contributed by atoms with Crippen LogP contribution < -0.4 is 10.1 Å². The monoisotopic (exact) mass is 443 g/mol. The van der Waals surface area contributed by atoms with Crippen molar-refractivity contribution in [3.8, 4) is 5.75 Å². The summed E-state index contributed by atoms with van der Waals surface area (Å²) >= 11 is 12.2. The topological polar surface area (TPSA) is 21.3 Å². The van der Waals surface area contributed by atoms with Crippen molar-refractivity contribution in [3.63, 3.8) is 0 Å². The van der Waals surface area contributed by atoms with E-state index in [1.54, 1.807) is 6.07 Å². The lowest BCUT2D eigenvalue weighted by Crippen LogP contribution is -2.41. The van der Waals surface area contributed by atoms with Crippen LogP contribution in [0.5, 0.6) is 5.75 Å². The van der Waals surface area contributed by atoms with E-state index in [2.05, 4.69) is 76.3 Å². The Bertz CT molecular complexity index is 1020. The van der Waals surface area contributed by atoms with Crippen LogP contribution >= 0.6 is 23.2 Å². The van der Waals surface area contributed by atoms with Gasteiger partial charge >= 0.3 is 0 Å². The van der Waals surface area contributed by atoms with Gasteiger partial charge in [-0.15, -0.1) is 0 Å². The predicted octanol–water partition coefficient (Wildman–Crippen LogP) is 8.03. The van der Waals surface area contributed by atoms with Crippen LogP contribution in [0.25, 0.3) is 10.8 Å². The van der Waals surface area contributed by atoms with Crippen LogP contribution in [0.3, 0.4) is 0 Å². The summed E-state index contributed by atoms with van der Waals surface area (Å²) in [6, 6.07) is 18.2. The lowest BCUT2D eigenvalue weighted by molar-refractivity contribution is 0.239. The molecule has 0 aliphatic carbocycles. The van der Waals surface area contributed by atoms with Gasteiger partial charge in [-0.1, -0.05) is 80.4 Å². The second-order valence-electron chi connectivity index (χ2n) is 9.78.